The molecule has 0 spiro atoms. The predicted molar refractivity (Wildman–Crippen MR) is 59.4 cm³/mol. The van der Waals surface area contributed by atoms with Gasteiger partial charge < -0.3 is 14.6 Å². The van der Waals surface area contributed by atoms with Crippen LogP contribution in [0, 0.1) is 5.92 Å². The van der Waals surface area contributed by atoms with Gasteiger partial charge in [-0.05, 0) is 5.92 Å². The van der Waals surface area contributed by atoms with Gasteiger partial charge >= 0.3 is 5.97 Å². The minimum Gasteiger partial charge on any atom is -0.457 e. The maximum absolute atomic E-state index is 11.2. The summed E-state index contributed by atoms with van der Waals surface area (Å²) in [7, 11) is 0. The first-order valence-electron chi connectivity index (χ1n) is 5.64. The standard InChI is InChI=1S/C12H20O4/c1-5-8(2)10(13)6-9-7-11(14)16-12(3,4)15-9/h7-8,10,13H,5-6H2,1-4H3/t8-,10-/m0/s1. The van der Waals surface area contributed by atoms with Crippen LogP contribution in [-0.4, -0.2) is 23.0 Å². The fourth-order valence-electron chi connectivity index (χ4n) is 1.55. The number of hydrogen-bond acceptors (Lipinski definition) is 4. The molecule has 0 aliphatic carbocycles. The van der Waals surface area contributed by atoms with Crippen LogP contribution in [-0.2, 0) is 14.3 Å². The van der Waals surface area contributed by atoms with Gasteiger partial charge in [-0.1, -0.05) is 20.3 Å². The Kier molecular flexibility index (Phi) is 3.97. The third kappa shape index (κ3) is 3.52. The van der Waals surface area contributed by atoms with E-state index in [2.05, 4.69) is 0 Å². The number of esters is 1. The van der Waals surface area contributed by atoms with Crippen molar-refractivity contribution < 1.29 is 19.4 Å². The smallest absolute Gasteiger partial charge is 0.337 e. The molecule has 4 nitrogen and oxygen atoms in total. The van der Waals surface area contributed by atoms with Gasteiger partial charge in [-0.15, -0.1) is 0 Å². The molecule has 16 heavy (non-hydrogen) atoms. The summed E-state index contributed by atoms with van der Waals surface area (Å²) >= 11 is 0. The van der Waals surface area contributed by atoms with Gasteiger partial charge in [0.2, 0.25) is 5.79 Å². The van der Waals surface area contributed by atoms with E-state index in [0.29, 0.717) is 12.2 Å². The quantitative estimate of drug-likeness (QED) is 0.747. The van der Waals surface area contributed by atoms with E-state index >= 15 is 0 Å². The molecule has 92 valence electrons. The number of hydrogen-bond donors (Lipinski definition) is 1. The number of aliphatic hydroxyl groups excluding tert-OH is 1. The first-order valence-corrected chi connectivity index (χ1v) is 5.64. The van der Waals surface area contributed by atoms with Crippen LogP contribution in [0.1, 0.15) is 40.5 Å². The Morgan fingerprint density at radius 1 is 1.44 bits per heavy atom. The normalized spacial score (nSPS) is 22.8. The SMILES string of the molecule is CC[C@H](C)[C@@H](O)CC1=CC(=O)OC(C)(C)O1. The molecule has 0 aromatic carbocycles. The summed E-state index contributed by atoms with van der Waals surface area (Å²) in [6, 6.07) is 0. The van der Waals surface area contributed by atoms with Crippen molar-refractivity contribution in [2.75, 3.05) is 0 Å². The second kappa shape index (κ2) is 4.87. The highest BCUT2D eigenvalue weighted by atomic mass is 16.7. The minimum absolute atomic E-state index is 0.186. The lowest BCUT2D eigenvalue weighted by molar-refractivity contribution is -0.207. The highest BCUT2D eigenvalue weighted by Gasteiger charge is 2.31. The molecule has 1 aliphatic rings. The third-order valence-corrected chi connectivity index (χ3v) is 2.71. The molecule has 0 unspecified atom stereocenters. The van der Waals surface area contributed by atoms with Crippen LogP contribution in [0.4, 0.5) is 0 Å². The lowest BCUT2D eigenvalue weighted by atomic mass is 9.98. The second-order valence-corrected chi connectivity index (χ2v) is 4.69. The fraction of sp³-hybridized carbons (Fsp3) is 0.750. The summed E-state index contributed by atoms with van der Waals surface area (Å²) < 4.78 is 10.4. The molecular formula is C12H20O4. The van der Waals surface area contributed by atoms with Gasteiger partial charge in [0.15, 0.2) is 0 Å². The monoisotopic (exact) mass is 228 g/mol. The van der Waals surface area contributed by atoms with Crippen LogP contribution < -0.4 is 0 Å². The second-order valence-electron chi connectivity index (χ2n) is 4.69. The van der Waals surface area contributed by atoms with E-state index in [0.717, 1.165) is 6.42 Å². The Morgan fingerprint density at radius 2 is 2.06 bits per heavy atom. The van der Waals surface area contributed by atoms with Crippen LogP contribution >= 0.6 is 0 Å². The number of aliphatic hydroxyl groups is 1. The Hall–Kier alpha value is -1.03. The van der Waals surface area contributed by atoms with Crippen LogP contribution in [0.5, 0.6) is 0 Å². The van der Waals surface area contributed by atoms with Crippen molar-refractivity contribution in [3.8, 4) is 0 Å². The van der Waals surface area contributed by atoms with E-state index in [-0.39, 0.29) is 5.92 Å². The van der Waals surface area contributed by atoms with E-state index in [1.807, 2.05) is 13.8 Å². The summed E-state index contributed by atoms with van der Waals surface area (Å²) in [6.07, 6.45) is 2.06. The maximum atomic E-state index is 11.2. The van der Waals surface area contributed by atoms with Crippen molar-refractivity contribution in [3.05, 3.63) is 11.8 Å². The largest absolute Gasteiger partial charge is 0.457 e. The molecule has 2 atom stereocenters. The summed E-state index contributed by atoms with van der Waals surface area (Å²) in [5.74, 6) is -0.668. The molecule has 0 amide bonds. The molecule has 0 aromatic rings. The number of carbonyl (C=O) groups excluding carboxylic acids is 1. The number of carbonyl (C=O) groups is 1. The molecule has 0 radical (unpaired) electrons. The molecule has 1 heterocycles. The van der Waals surface area contributed by atoms with E-state index in [9.17, 15) is 9.90 Å². The van der Waals surface area contributed by atoms with E-state index in [4.69, 9.17) is 9.47 Å². The molecule has 4 heteroatoms. The van der Waals surface area contributed by atoms with Gasteiger partial charge in [0.25, 0.3) is 0 Å². The molecule has 1 rings (SSSR count). The summed E-state index contributed by atoms with van der Waals surface area (Å²) in [5, 5.41) is 9.85. The van der Waals surface area contributed by atoms with E-state index < -0.39 is 17.9 Å². The molecule has 1 N–H and O–H groups in total. The Balaban J connectivity index is 2.64. The van der Waals surface area contributed by atoms with Gasteiger partial charge in [0, 0.05) is 20.3 Å². The first kappa shape index (κ1) is 13.0. The predicted octanol–water partition coefficient (Wildman–Crippen LogP) is 1.98. The average Bonchev–Trinajstić information content (AvgIpc) is 2.12. The fourth-order valence-corrected chi connectivity index (χ4v) is 1.55. The Morgan fingerprint density at radius 3 is 2.56 bits per heavy atom. The third-order valence-electron chi connectivity index (χ3n) is 2.71. The Bertz CT molecular complexity index is 293. The molecule has 0 saturated heterocycles. The minimum atomic E-state index is -0.934. The van der Waals surface area contributed by atoms with Gasteiger partial charge in [-0.3, -0.25) is 0 Å². The maximum Gasteiger partial charge on any atom is 0.337 e. The zero-order valence-electron chi connectivity index (χ0n) is 10.3. The van der Waals surface area contributed by atoms with Crippen molar-refractivity contribution in [1.82, 2.24) is 0 Å². The molecule has 0 aromatic heterocycles. The van der Waals surface area contributed by atoms with Crippen molar-refractivity contribution in [2.45, 2.75) is 52.4 Å². The topological polar surface area (TPSA) is 55.8 Å². The van der Waals surface area contributed by atoms with Crippen LogP contribution in [0.2, 0.25) is 0 Å². The van der Waals surface area contributed by atoms with Gasteiger partial charge in [-0.2, -0.15) is 0 Å². The van der Waals surface area contributed by atoms with Crippen molar-refractivity contribution in [2.24, 2.45) is 5.92 Å². The molecular weight excluding hydrogens is 208 g/mol. The van der Waals surface area contributed by atoms with Gasteiger partial charge in [0.1, 0.15) is 5.76 Å². The Labute approximate surface area is 96.2 Å². The van der Waals surface area contributed by atoms with Gasteiger partial charge in [0.05, 0.1) is 12.2 Å². The zero-order chi connectivity index (χ0) is 12.3. The number of rotatable bonds is 4. The van der Waals surface area contributed by atoms with Gasteiger partial charge in [-0.25, -0.2) is 4.79 Å². The van der Waals surface area contributed by atoms with Crippen LogP contribution in [0.15, 0.2) is 11.8 Å². The zero-order valence-corrected chi connectivity index (χ0v) is 10.3. The molecule has 1 aliphatic heterocycles. The molecule has 0 saturated carbocycles. The average molecular weight is 228 g/mol. The highest BCUT2D eigenvalue weighted by Crippen LogP contribution is 2.26. The van der Waals surface area contributed by atoms with E-state index in [1.165, 1.54) is 6.08 Å². The summed E-state index contributed by atoms with van der Waals surface area (Å²) in [5.41, 5.74) is 0. The first-order chi connectivity index (χ1) is 7.34. The highest BCUT2D eigenvalue weighted by molar-refractivity contribution is 5.83. The van der Waals surface area contributed by atoms with Crippen LogP contribution in [0.25, 0.3) is 0 Å². The lowest BCUT2D eigenvalue weighted by Crippen LogP contribution is -2.35. The summed E-state index contributed by atoms with van der Waals surface area (Å²) in [6.45, 7) is 7.33. The van der Waals surface area contributed by atoms with Crippen molar-refractivity contribution in [3.63, 3.8) is 0 Å². The number of cyclic esters (lactones) is 1. The summed E-state index contributed by atoms with van der Waals surface area (Å²) in [4.78, 5) is 11.2. The lowest BCUT2D eigenvalue weighted by Gasteiger charge is -2.31. The van der Waals surface area contributed by atoms with E-state index in [1.54, 1.807) is 13.8 Å². The molecule has 0 fully saturated rings. The van der Waals surface area contributed by atoms with Crippen LogP contribution in [0.3, 0.4) is 0 Å². The number of ether oxygens (including phenoxy) is 2. The molecule has 0 bridgehead atoms. The van der Waals surface area contributed by atoms with Crippen molar-refractivity contribution >= 4 is 5.97 Å². The van der Waals surface area contributed by atoms with Crippen molar-refractivity contribution in [1.29, 1.82) is 0 Å².